The zero-order chi connectivity index (χ0) is 23.1. The Bertz CT molecular complexity index is 1190. The molecule has 0 radical (unpaired) electrons. The molecule has 10 heteroatoms. The molecule has 32 heavy (non-hydrogen) atoms. The third-order valence-corrected chi connectivity index (χ3v) is 6.42. The molecule has 168 valence electrons. The SMILES string of the molecule is CCCNC(=O)c1c(CS(=O)(=O)c2ccc(Cl)cc2)noc1C(=O)NCc1ccccc1. The number of nitrogens with zero attached hydrogens (tertiary/aromatic N) is 1. The Hall–Kier alpha value is -3.17. The molecule has 0 aliphatic heterocycles. The lowest BCUT2D eigenvalue weighted by molar-refractivity contribution is 0.0890. The maximum absolute atomic E-state index is 12.8. The normalized spacial score (nSPS) is 11.2. The molecule has 3 rings (SSSR count). The van der Waals surface area contributed by atoms with Gasteiger partial charge in [-0.05, 0) is 36.2 Å². The van der Waals surface area contributed by atoms with Gasteiger partial charge in [0.05, 0.1) is 4.90 Å². The number of carbonyl (C=O) groups is 2. The molecule has 3 aromatic rings. The van der Waals surface area contributed by atoms with Gasteiger partial charge in [-0.1, -0.05) is 54.0 Å². The van der Waals surface area contributed by atoms with Crippen molar-refractivity contribution in [2.24, 2.45) is 0 Å². The van der Waals surface area contributed by atoms with Gasteiger partial charge in [-0.15, -0.1) is 0 Å². The van der Waals surface area contributed by atoms with Crippen LogP contribution in [0.3, 0.4) is 0 Å². The van der Waals surface area contributed by atoms with Crippen molar-refractivity contribution in [2.45, 2.75) is 30.5 Å². The van der Waals surface area contributed by atoms with Gasteiger partial charge >= 0.3 is 0 Å². The summed E-state index contributed by atoms with van der Waals surface area (Å²) in [5, 5.41) is 9.45. The number of rotatable bonds is 9. The summed E-state index contributed by atoms with van der Waals surface area (Å²) in [5.74, 6) is -2.24. The second-order valence-corrected chi connectivity index (χ2v) is 9.40. The summed E-state index contributed by atoms with van der Waals surface area (Å²) in [6.45, 7) is 2.42. The Labute approximate surface area is 190 Å². The van der Waals surface area contributed by atoms with Gasteiger partial charge in [-0.2, -0.15) is 0 Å². The number of hydrogen-bond acceptors (Lipinski definition) is 6. The number of halogens is 1. The fraction of sp³-hybridized carbons (Fsp3) is 0.227. The van der Waals surface area contributed by atoms with E-state index in [9.17, 15) is 18.0 Å². The molecule has 8 nitrogen and oxygen atoms in total. The zero-order valence-electron chi connectivity index (χ0n) is 17.3. The van der Waals surface area contributed by atoms with Gasteiger partial charge in [0.2, 0.25) is 5.76 Å². The fourth-order valence-electron chi connectivity index (χ4n) is 2.90. The van der Waals surface area contributed by atoms with Crippen LogP contribution in [0.25, 0.3) is 0 Å². The molecule has 0 saturated carbocycles. The first kappa shape index (κ1) is 23.5. The number of nitrogens with one attached hydrogen (secondary N) is 2. The summed E-state index contributed by atoms with van der Waals surface area (Å²) in [6.07, 6.45) is 0.658. The molecule has 2 amide bonds. The summed E-state index contributed by atoms with van der Waals surface area (Å²) >= 11 is 5.83. The van der Waals surface area contributed by atoms with Crippen molar-refractivity contribution < 1.29 is 22.5 Å². The highest BCUT2D eigenvalue weighted by Gasteiger charge is 2.30. The summed E-state index contributed by atoms with van der Waals surface area (Å²) in [6, 6.07) is 14.8. The number of carbonyl (C=O) groups excluding carboxylic acids is 2. The molecule has 0 fully saturated rings. The van der Waals surface area contributed by atoms with Crippen LogP contribution in [0.4, 0.5) is 0 Å². The molecule has 2 aromatic carbocycles. The number of sulfone groups is 1. The van der Waals surface area contributed by atoms with Crippen molar-refractivity contribution in [3.63, 3.8) is 0 Å². The Balaban J connectivity index is 1.88. The molecule has 0 saturated heterocycles. The zero-order valence-corrected chi connectivity index (χ0v) is 18.9. The van der Waals surface area contributed by atoms with Crippen LogP contribution >= 0.6 is 11.6 Å². The Morgan fingerprint density at radius 1 is 1.00 bits per heavy atom. The summed E-state index contributed by atoms with van der Waals surface area (Å²) in [4.78, 5) is 25.5. The highest BCUT2D eigenvalue weighted by atomic mass is 35.5. The monoisotopic (exact) mass is 475 g/mol. The molecule has 0 aliphatic carbocycles. The number of hydrogen-bond donors (Lipinski definition) is 2. The van der Waals surface area contributed by atoms with Crippen molar-refractivity contribution in [3.8, 4) is 0 Å². The first-order chi connectivity index (χ1) is 15.3. The quantitative estimate of drug-likeness (QED) is 0.489. The van der Waals surface area contributed by atoms with Crippen LogP contribution < -0.4 is 10.6 Å². The summed E-state index contributed by atoms with van der Waals surface area (Å²) in [7, 11) is -3.87. The minimum atomic E-state index is -3.87. The smallest absolute Gasteiger partial charge is 0.291 e. The average Bonchev–Trinajstić information content (AvgIpc) is 3.19. The molecule has 2 N–H and O–H groups in total. The molecule has 1 heterocycles. The number of amides is 2. The topological polar surface area (TPSA) is 118 Å². The second-order valence-electron chi connectivity index (χ2n) is 6.97. The molecule has 0 aliphatic rings. The van der Waals surface area contributed by atoms with E-state index in [0.717, 1.165) is 5.56 Å². The van der Waals surface area contributed by atoms with Crippen molar-refractivity contribution in [1.29, 1.82) is 0 Å². The van der Waals surface area contributed by atoms with Gasteiger partial charge in [0.1, 0.15) is 17.0 Å². The van der Waals surface area contributed by atoms with Crippen LogP contribution in [0.1, 0.15) is 45.5 Å². The fourth-order valence-corrected chi connectivity index (χ4v) is 4.30. The van der Waals surface area contributed by atoms with E-state index in [2.05, 4.69) is 15.8 Å². The van der Waals surface area contributed by atoms with Crippen LogP contribution in [0.2, 0.25) is 5.02 Å². The minimum Gasteiger partial charge on any atom is -0.352 e. The van der Waals surface area contributed by atoms with E-state index in [1.54, 1.807) is 0 Å². The lowest BCUT2D eigenvalue weighted by Crippen LogP contribution is -2.29. The van der Waals surface area contributed by atoms with Crippen molar-refractivity contribution in [3.05, 3.63) is 82.2 Å². The van der Waals surface area contributed by atoms with Crippen LogP contribution in [0.15, 0.2) is 64.0 Å². The van der Waals surface area contributed by atoms with E-state index in [-0.39, 0.29) is 28.5 Å². The van der Waals surface area contributed by atoms with Crippen LogP contribution in [0, 0.1) is 0 Å². The standard InChI is InChI=1S/C22H22ClN3O5S/c1-2-12-24-21(27)19-18(14-32(29,30)17-10-8-16(23)9-11-17)26-31-20(19)22(28)25-13-15-6-4-3-5-7-15/h3-11H,2,12-14H2,1H3,(H,24,27)(H,25,28). The average molecular weight is 476 g/mol. The predicted octanol–water partition coefficient (Wildman–Crippen LogP) is 3.37. The number of aromatic nitrogens is 1. The van der Waals surface area contributed by atoms with Crippen LogP contribution in [-0.4, -0.2) is 31.9 Å². The molecule has 0 bridgehead atoms. The summed E-state index contributed by atoms with van der Waals surface area (Å²) < 4.78 is 30.8. The van der Waals surface area contributed by atoms with Gasteiger partial charge in [-0.3, -0.25) is 9.59 Å². The molecular weight excluding hydrogens is 454 g/mol. The van der Waals surface area contributed by atoms with E-state index in [1.807, 2.05) is 37.3 Å². The molecule has 0 spiro atoms. The van der Waals surface area contributed by atoms with Crippen molar-refractivity contribution in [2.75, 3.05) is 6.54 Å². The molecule has 1 aromatic heterocycles. The molecule has 0 atom stereocenters. The largest absolute Gasteiger partial charge is 0.352 e. The van der Waals surface area contributed by atoms with Crippen LogP contribution in [-0.2, 0) is 22.1 Å². The maximum atomic E-state index is 12.8. The van der Waals surface area contributed by atoms with E-state index in [0.29, 0.717) is 18.0 Å². The lowest BCUT2D eigenvalue weighted by Gasteiger charge is -2.07. The van der Waals surface area contributed by atoms with Crippen LogP contribution in [0.5, 0.6) is 0 Å². The first-order valence-corrected chi connectivity index (χ1v) is 11.9. The van der Waals surface area contributed by atoms with Gasteiger partial charge < -0.3 is 15.2 Å². The Morgan fingerprint density at radius 2 is 1.69 bits per heavy atom. The maximum Gasteiger partial charge on any atom is 0.291 e. The van der Waals surface area contributed by atoms with Crippen molar-refractivity contribution in [1.82, 2.24) is 15.8 Å². The highest BCUT2D eigenvalue weighted by molar-refractivity contribution is 7.90. The van der Waals surface area contributed by atoms with E-state index >= 15 is 0 Å². The molecular formula is C22H22ClN3O5S. The van der Waals surface area contributed by atoms with Gasteiger partial charge in [0.25, 0.3) is 11.8 Å². The van der Waals surface area contributed by atoms with Crippen molar-refractivity contribution >= 4 is 33.3 Å². The van der Waals surface area contributed by atoms with Gasteiger partial charge in [0.15, 0.2) is 9.84 Å². The highest BCUT2D eigenvalue weighted by Crippen LogP contribution is 2.22. The third kappa shape index (κ3) is 5.74. The first-order valence-electron chi connectivity index (χ1n) is 9.89. The second kappa shape index (κ2) is 10.4. The van der Waals surface area contributed by atoms with E-state index in [4.69, 9.17) is 16.1 Å². The lowest BCUT2D eigenvalue weighted by atomic mass is 10.1. The summed E-state index contributed by atoms with van der Waals surface area (Å²) in [5.41, 5.74) is 0.517. The Morgan fingerprint density at radius 3 is 2.34 bits per heavy atom. The molecule has 0 unspecified atom stereocenters. The van der Waals surface area contributed by atoms with E-state index in [1.165, 1.54) is 24.3 Å². The van der Waals surface area contributed by atoms with Gasteiger partial charge in [-0.25, -0.2) is 8.42 Å². The predicted molar refractivity (Wildman–Crippen MR) is 119 cm³/mol. The number of benzene rings is 2. The van der Waals surface area contributed by atoms with Gasteiger partial charge in [0, 0.05) is 18.1 Å². The third-order valence-electron chi connectivity index (χ3n) is 4.53. The minimum absolute atomic E-state index is 0.0138. The van der Waals surface area contributed by atoms with E-state index < -0.39 is 27.4 Å². The Kier molecular flexibility index (Phi) is 7.66.